The van der Waals surface area contributed by atoms with Gasteiger partial charge in [-0.1, -0.05) is 0 Å². The van der Waals surface area contributed by atoms with Crippen LogP contribution in [0.5, 0.6) is 0 Å². The van der Waals surface area contributed by atoms with Gasteiger partial charge in [-0.25, -0.2) is 0 Å². The Bertz CT molecular complexity index is 1090. The summed E-state index contributed by atoms with van der Waals surface area (Å²) in [5.41, 5.74) is 0. The first-order valence-electron chi connectivity index (χ1n) is 6.91. The molecule has 18 heavy (non-hydrogen) atoms. The molecule has 0 aliphatic carbocycles. The normalized spacial score (nSPS) is 118. The molecule has 5 heteroatoms. The number of hydrogen-bond donors (Lipinski definition) is 0. The van der Waals surface area contributed by atoms with Gasteiger partial charge in [-0.15, -0.1) is 0 Å². The fraction of sp³-hybridized carbons (Fsp3) is 0.923. The van der Waals surface area contributed by atoms with E-state index in [1.807, 2.05) is 6.92 Å². The van der Waals surface area contributed by atoms with Gasteiger partial charge in [-0.3, -0.25) is 0 Å². The van der Waals surface area contributed by atoms with Gasteiger partial charge in [0, 0.05) is 0 Å². The molecule has 8 atom stereocenters. The van der Waals surface area contributed by atoms with Gasteiger partial charge >= 0.3 is 110 Å². The van der Waals surface area contributed by atoms with Crippen molar-refractivity contribution < 1.29 is 11.3 Å². The molecule has 1 spiro atoms. The molecule has 10 fully saturated rings. The second-order valence-electron chi connectivity index (χ2n) is 10.8. The van der Waals surface area contributed by atoms with Gasteiger partial charge in [0.2, 0.25) is 0 Å². The summed E-state index contributed by atoms with van der Waals surface area (Å²) in [6.45, 7) is -1.86. The van der Waals surface area contributed by atoms with Crippen LogP contribution < -0.4 is 0 Å². The molecule has 98 valence electrons. The van der Waals surface area contributed by atoms with Crippen molar-refractivity contribution in [2.75, 3.05) is 0 Å². The van der Waals surface area contributed by atoms with Crippen molar-refractivity contribution >= 4 is 40.6 Å². The van der Waals surface area contributed by atoms with E-state index in [-0.39, 0.29) is 8.63 Å². The molecule has 10 aliphatic rings. The number of fused-ring (bicyclic) bond motifs is 10. The van der Waals surface area contributed by atoms with E-state index in [9.17, 15) is 4.79 Å². The molecule has 0 saturated carbocycles. The first kappa shape index (κ1) is 7.90. The predicted octanol–water partition coefficient (Wildman–Crippen LogP) is 5.08. The van der Waals surface area contributed by atoms with Gasteiger partial charge in [-0.05, 0) is 0 Å². The van der Waals surface area contributed by atoms with Crippen LogP contribution in [0.2, 0.25) is 47.2 Å². The Balaban J connectivity index is 1.71. The second-order valence-corrected chi connectivity index (χ2v) is 36.3. The molecule has 0 bridgehead atoms. The zero-order chi connectivity index (χ0) is 12.0. The quantitative estimate of drug-likeness (QED) is 0.479. The van der Waals surface area contributed by atoms with E-state index in [1.165, 1.54) is 0 Å². The summed E-state index contributed by atoms with van der Waals surface area (Å²) < 4.78 is -0.666. The van der Waals surface area contributed by atoms with E-state index in [2.05, 4.69) is 0 Å². The molecule has 10 saturated heterocycles. The van der Waals surface area contributed by atoms with Gasteiger partial charge in [0.1, 0.15) is 0 Å². The third-order valence-corrected chi connectivity index (χ3v) is 60.1. The summed E-state index contributed by atoms with van der Waals surface area (Å²) in [5.74, 6) is 0.544. The minimum atomic E-state index is -3.74. The molecule has 10 rings (SSSR count). The Labute approximate surface area is 109 Å². The van der Waals surface area contributed by atoms with Crippen LogP contribution >= 0.6 is 34.8 Å². The van der Waals surface area contributed by atoms with Crippen LogP contribution in [0.15, 0.2) is 0 Å². The molecule has 10 heterocycles. The summed E-state index contributed by atoms with van der Waals surface area (Å²) in [6.07, 6.45) is 0. The summed E-state index contributed by atoms with van der Waals surface area (Å²) in [6, 6.07) is 0. The molecular formula is C13H11Cl3FeO. The molecule has 0 aromatic rings. The summed E-state index contributed by atoms with van der Waals surface area (Å²) in [5, 5.41) is 0. The van der Waals surface area contributed by atoms with Crippen LogP contribution in [-0.4, -0.2) is 9.58 Å². The Morgan fingerprint density at radius 1 is 1.00 bits per heavy atom. The minimum absolute atomic E-state index is 0.151. The molecule has 0 radical (unpaired) electrons. The summed E-state index contributed by atoms with van der Waals surface area (Å²) in [7, 11) is 0. The average molecular weight is 345 g/mol. The summed E-state index contributed by atoms with van der Waals surface area (Å²) in [4.78, 5) is 20.0. The third kappa shape index (κ3) is 0.0751. The average Bonchev–Trinajstić information content (AvgIpc) is 3.22. The second kappa shape index (κ2) is 0.634. The monoisotopic (exact) mass is 344 g/mol. The maximum atomic E-state index is 12.6. The van der Waals surface area contributed by atoms with Crippen LogP contribution in [0.1, 0.15) is 6.92 Å². The van der Waals surface area contributed by atoms with Gasteiger partial charge < -0.3 is 0 Å². The Hall–Kier alpha value is 1.06. The van der Waals surface area contributed by atoms with Crippen molar-refractivity contribution in [2.24, 2.45) is 0 Å². The fourth-order valence-corrected chi connectivity index (χ4v) is 100. The Morgan fingerprint density at radius 3 is 1.61 bits per heavy atom. The van der Waals surface area contributed by atoms with Crippen LogP contribution in [-0.2, 0) is 11.3 Å². The molecular weight excluding hydrogens is 334 g/mol. The summed E-state index contributed by atoms with van der Waals surface area (Å²) >= 11 is 19.7. The SMILES string of the molecule is CC(=O)[C]12[CH]3[CH]4[CH]5[CH]1[Fe]45321678[CH]2[CH]1[CH]6[C]7(C(Cl)(Cl)Cl)[CH]28. The first-order chi connectivity index (χ1) is 8.12. The van der Waals surface area contributed by atoms with Crippen molar-refractivity contribution in [3.05, 3.63) is 0 Å². The van der Waals surface area contributed by atoms with E-state index in [0.717, 1.165) is 38.5 Å². The van der Waals surface area contributed by atoms with Crippen molar-refractivity contribution in [1.82, 2.24) is 0 Å². The van der Waals surface area contributed by atoms with Crippen molar-refractivity contribution in [3.63, 3.8) is 0 Å². The van der Waals surface area contributed by atoms with Gasteiger partial charge in [0.15, 0.2) is 0 Å². The van der Waals surface area contributed by atoms with Crippen molar-refractivity contribution in [3.8, 4) is 0 Å². The fourth-order valence-electron chi connectivity index (χ4n) is 18.3. The number of ketones is 1. The topological polar surface area (TPSA) is 17.1 Å². The van der Waals surface area contributed by atoms with Crippen LogP contribution in [0.25, 0.3) is 0 Å². The van der Waals surface area contributed by atoms with Gasteiger partial charge in [-0.2, -0.15) is 0 Å². The molecule has 1 nitrogen and oxygen atoms in total. The van der Waals surface area contributed by atoms with E-state index in [4.69, 9.17) is 34.8 Å². The molecule has 0 aromatic carbocycles. The number of carbonyl (C=O) groups is 1. The van der Waals surface area contributed by atoms with E-state index in [0.29, 0.717) is 5.78 Å². The molecule has 0 N–H and O–H groups in total. The number of alkyl halides is 3. The Morgan fingerprint density at radius 2 is 1.44 bits per heavy atom. The molecule has 8 unspecified atom stereocenters. The van der Waals surface area contributed by atoms with Crippen LogP contribution in [0.3, 0.4) is 0 Å². The number of hydrogen-bond acceptors (Lipinski definition) is 1. The number of carbonyl (C=O) groups excluding carboxylic acids is 1. The zero-order valence-corrected chi connectivity index (χ0v) is 12.9. The molecule has 0 aromatic heterocycles. The standard InChI is InChI=1S/C7H7O.C6H4Cl3.Fe/c1-6(8)7-4-2-3-5-7;7-6(8,9)5-3-1-2-4-5;/h2-5H,1H3;1-4H;. The molecule has 0 amide bonds. The van der Waals surface area contributed by atoms with Gasteiger partial charge in [0.25, 0.3) is 0 Å². The van der Waals surface area contributed by atoms with Crippen molar-refractivity contribution in [2.45, 2.75) is 57.9 Å². The Kier molecular flexibility index (Phi) is 0.278. The van der Waals surface area contributed by atoms with Crippen molar-refractivity contribution in [1.29, 1.82) is 0 Å². The van der Waals surface area contributed by atoms with Gasteiger partial charge in [0.05, 0.1) is 0 Å². The number of rotatable bonds is 1. The zero-order valence-electron chi connectivity index (χ0n) is 9.51. The predicted molar refractivity (Wildman–Crippen MR) is 66.4 cm³/mol. The van der Waals surface area contributed by atoms with E-state index in [1.54, 1.807) is 0 Å². The maximum absolute atomic E-state index is 12.6. The number of Topliss-reactive ketones (excluding diaryl/α,β-unsaturated/α-hetero) is 1. The number of halogens is 3. The first-order valence-corrected chi connectivity index (χ1v) is 14.3. The molecule has 10 aliphatic heterocycles. The third-order valence-electron chi connectivity index (χ3n) is 15.8. The van der Waals surface area contributed by atoms with Crippen LogP contribution in [0.4, 0.5) is 0 Å². The van der Waals surface area contributed by atoms with E-state index >= 15 is 0 Å². The van der Waals surface area contributed by atoms with Crippen LogP contribution in [0, 0.1) is 0 Å². The van der Waals surface area contributed by atoms with E-state index < -0.39 is 10.3 Å².